The predicted octanol–water partition coefficient (Wildman–Crippen LogP) is -3.74. The minimum atomic E-state index is -1.37. The third-order valence-electron chi connectivity index (χ3n) is 3.97. The molecular formula is C17H27N5O10S. The van der Waals surface area contributed by atoms with Crippen molar-refractivity contribution >= 4 is 54.2 Å². The van der Waals surface area contributed by atoms with Gasteiger partial charge in [0, 0.05) is 18.6 Å². The van der Waals surface area contributed by atoms with Crippen molar-refractivity contribution < 1.29 is 48.9 Å². The van der Waals surface area contributed by atoms with Crippen molar-refractivity contribution in [1.29, 1.82) is 0 Å². The van der Waals surface area contributed by atoms with Gasteiger partial charge in [0.15, 0.2) is 0 Å². The molecule has 0 aromatic carbocycles. The molecule has 0 unspecified atom stereocenters. The predicted molar refractivity (Wildman–Crippen MR) is 113 cm³/mol. The molecule has 0 bridgehead atoms. The number of hydrogen-bond donors (Lipinski definition) is 9. The van der Waals surface area contributed by atoms with Gasteiger partial charge < -0.3 is 42.3 Å². The first-order chi connectivity index (χ1) is 15.4. The minimum absolute atomic E-state index is 0.172. The maximum Gasteiger partial charge on any atom is 0.327 e. The number of aliphatic carboxylic acids is 3. The summed E-state index contributed by atoms with van der Waals surface area (Å²) in [6.45, 7) is -1.21. The molecular weight excluding hydrogens is 466 g/mol. The summed E-state index contributed by atoms with van der Waals surface area (Å²) in [4.78, 5) is 80.0. The summed E-state index contributed by atoms with van der Waals surface area (Å²) in [6, 6.07) is -3.87. The Labute approximate surface area is 193 Å². The number of hydrogen-bond acceptors (Lipinski definition) is 9. The Balaban J connectivity index is 4.72. The van der Waals surface area contributed by atoms with Crippen LogP contribution in [0, 0.1) is 0 Å². The maximum absolute atomic E-state index is 12.3. The molecule has 0 spiro atoms. The number of carbonyl (C=O) groups excluding carboxylic acids is 4. The Bertz CT molecular complexity index is 762. The van der Waals surface area contributed by atoms with Crippen LogP contribution in [0.5, 0.6) is 0 Å². The minimum Gasteiger partial charge on any atom is -0.481 e. The molecule has 15 nitrogen and oxygen atoms in total. The van der Waals surface area contributed by atoms with Crippen LogP contribution in [0.15, 0.2) is 0 Å². The number of nitrogens with two attached hydrogens (primary N) is 1. The topological polar surface area (TPSA) is 254 Å². The highest BCUT2D eigenvalue weighted by Gasteiger charge is 2.25. The first-order valence-corrected chi connectivity index (χ1v) is 10.2. The Hall–Kier alpha value is -3.40. The van der Waals surface area contributed by atoms with Crippen molar-refractivity contribution in [2.24, 2.45) is 5.73 Å². The smallest absolute Gasteiger partial charge is 0.327 e. The summed E-state index contributed by atoms with van der Waals surface area (Å²) in [5.41, 5.74) is 5.56. The lowest BCUT2D eigenvalue weighted by molar-refractivity contribution is -0.141. The van der Waals surface area contributed by atoms with Crippen LogP contribution in [0.3, 0.4) is 0 Å². The summed E-state index contributed by atoms with van der Waals surface area (Å²) in [5.74, 6) is -7.32. The average Bonchev–Trinajstić information content (AvgIpc) is 2.74. The number of thiol groups is 1. The van der Waals surface area contributed by atoms with E-state index in [0.29, 0.717) is 0 Å². The summed E-state index contributed by atoms with van der Waals surface area (Å²) in [6.07, 6.45) is -1.43. The Morgan fingerprint density at radius 3 is 1.79 bits per heavy atom. The normalized spacial score (nSPS) is 13.0. The largest absolute Gasteiger partial charge is 0.481 e. The highest BCUT2D eigenvalue weighted by atomic mass is 32.1. The second kappa shape index (κ2) is 15.4. The average molecular weight is 493 g/mol. The van der Waals surface area contributed by atoms with Crippen LogP contribution in [0.1, 0.15) is 25.7 Å². The molecule has 4 amide bonds. The van der Waals surface area contributed by atoms with Crippen molar-refractivity contribution in [2.45, 2.75) is 43.8 Å². The molecule has 0 rings (SSSR count). The zero-order valence-corrected chi connectivity index (χ0v) is 18.3. The number of nitrogens with one attached hydrogen (secondary N) is 4. The third kappa shape index (κ3) is 13.6. The summed E-state index contributed by atoms with van der Waals surface area (Å²) < 4.78 is 0. The van der Waals surface area contributed by atoms with E-state index in [0.717, 1.165) is 0 Å². The zero-order valence-electron chi connectivity index (χ0n) is 17.4. The Morgan fingerprint density at radius 2 is 1.27 bits per heavy atom. The number of rotatable bonds is 16. The fourth-order valence-electron chi connectivity index (χ4n) is 2.19. The molecule has 0 heterocycles. The van der Waals surface area contributed by atoms with Crippen LogP contribution in [-0.2, 0) is 33.6 Å². The molecule has 9 N–H and O–H groups in total. The van der Waals surface area contributed by atoms with Gasteiger partial charge in [0.1, 0.15) is 12.1 Å². The van der Waals surface area contributed by atoms with Crippen LogP contribution in [0.4, 0.5) is 0 Å². The molecule has 0 aromatic heterocycles. The van der Waals surface area contributed by atoms with E-state index >= 15 is 0 Å². The number of carbonyl (C=O) groups is 7. The van der Waals surface area contributed by atoms with Crippen LogP contribution in [-0.4, -0.2) is 93.8 Å². The standard InChI is InChI=1S/C17H27N5O10S/c18-8(1-3-13(25)26)15(29)22-9(2-4-14(27)28)16(30)20-5-11(23)19-6-12(24)21-10(7-33)17(31)32/h8-10,33H,1-7,18H2,(H,19,23)(H,20,30)(H,21,24)(H,22,29)(H,25,26)(H,27,28)(H,31,32)/t8-,9-,10-/m0/s1. The van der Waals surface area contributed by atoms with Gasteiger partial charge in [0.2, 0.25) is 23.6 Å². The monoisotopic (exact) mass is 493 g/mol. The second-order valence-corrected chi connectivity index (χ2v) is 7.03. The number of amides is 4. The van der Waals surface area contributed by atoms with E-state index in [1.807, 2.05) is 0 Å². The number of carboxylic acids is 3. The molecule has 3 atom stereocenters. The summed E-state index contributed by atoms with van der Waals surface area (Å²) >= 11 is 3.77. The molecule has 0 radical (unpaired) electrons. The van der Waals surface area contributed by atoms with Gasteiger partial charge in [0.05, 0.1) is 19.1 Å². The molecule has 33 heavy (non-hydrogen) atoms. The van der Waals surface area contributed by atoms with Crippen LogP contribution in [0.25, 0.3) is 0 Å². The molecule has 16 heteroatoms. The van der Waals surface area contributed by atoms with Gasteiger partial charge in [-0.15, -0.1) is 0 Å². The lowest BCUT2D eigenvalue weighted by Gasteiger charge is -2.20. The van der Waals surface area contributed by atoms with E-state index in [-0.39, 0.29) is 18.6 Å². The summed E-state index contributed by atoms with van der Waals surface area (Å²) in [5, 5.41) is 34.9. The van der Waals surface area contributed by atoms with E-state index in [2.05, 4.69) is 33.9 Å². The van der Waals surface area contributed by atoms with E-state index < -0.39 is 85.6 Å². The Morgan fingerprint density at radius 1 is 0.727 bits per heavy atom. The zero-order chi connectivity index (χ0) is 25.6. The fourth-order valence-corrected chi connectivity index (χ4v) is 2.44. The van der Waals surface area contributed by atoms with Crippen molar-refractivity contribution in [2.75, 3.05) is 18.8 Å². The summed E-state index contributed by atoms with van der Waals surface area (Å²) in [7, 11) is 0. The first kappa shape index (κ1) is 29.6. The van der Waals surface area contributed by atoms with Crippen LogP contribution >= 0.6 is 12.6 Å². The van der Waals surface area contributed by atoms with Gasteiger partial charge in [-0.1, -0.05) is 0 Å². The maximum atomic E-state index is 12.3. The van der Waals surface area contributed by atoms with E-state index in [9.17, 15) is 33.6 Å². The fraction of sp³-hybridized carbons (Fsp3) is 0.588. The van der Waals surface area contributed by atoms with Gasteiger partial charge in [-0.3, -0.25) is 28.8 Å². The SMILES string of the molecule is N[C@@H](CCC(=O)O)C(=O)N[C@@H](CCC(=O)O)C(=O)NCC(=O)NCC(=O)N[C@@H](CS)C(=O)O. The number of carboxylic acid groups (broad SMARTS) is 3. The lowest BCUT2D eigenvalue weighted by atomic mass is 10.1. The molecule has 0 aliphatic carbocycles. The van der Waals surface area contributed by atoms with Crippen molar-refractivity contribution in [3.63, 3.8) is 0 Å². The van der Waals surface area contributed by atoms with E-state index in [1.165, 1.54) is 0 Å². The van der Waals surface area contributed by atoms with Crippen LogP contribution in [0.2, 0.25) is 0 Å². The molecule has 0 saturated carbocycles. The van der Waals surface area contributed by atoms with E-state index in [4.69, 9.17) is 21.1 Å². The molecule has 0 saturated heterocycles. The molecule has 0 aromatic rings. The van der Waals surface area contributed by atoms with Gasteiger partial charge in [-0.05, 0) is 12.8 Å². The van der Waals surface area contributed by atoms with Gasteiger partial charge in [0.25, 0.3) is 0 Å². The third-order valence-corrected chi connectivity index (χ3v) is 4.34. The molecule has 0 aliphatic heterocycles. The molecule has 186 valence electrons. The highest BCUT2D eigenvalue weighted by molar-refractivity contribution is 7.80. The van der Waals surface area contributed by atoms with Gasteiger partial charge in [-0.2, -0.15) is 12.6 Å². The van der Waals surface area contributed by atoms with Crippen molar-refractivity contribution in [3.05, 3.63) is 0 Å². The molecule has 0 fully saturated rings. The lowest BCUT2D eigenvalue weighted by Crippen LogP contribution is -2.53. The van der Waals surface area contributed by atoms with Crippen LogP contribution < -0.4 is 27.0 Å². The van der Waals surface area contributed by atoms with Gasteiger partial charge in [-0.25, -0.2) is 4.79 Å². The van der Waals surface area contributed by atoms with Crippen molar-refractivity contribution in [3.8, 4) is 0 Å². The highest BCUT2D eigenvalue weighted by Crippen LogP contribution is 2.01. The quantitative estimate of drug-likeness (QED) is 0.0944. The van der Waals surface area contributed by atoms with Crippen molar-refractivity contribution in [1.82, 2.24) is 21.3 Å². The first-order valence-electron chi connectivity index (χ1n) is 9.54. The second-order valence-electron chi connectivity index (χ2n) is 6.67. The van der Waals surface area contributed by atoms with E-state index in [1.54, 1.807) is 0 Å². The molecule has 0 aliphatic rings. The Kier molecular flexibility index (Phi) is 13.8. The van der Waals surface area contributed by atoms with Gasteiger partial charge >= 0.3 is 17.9 Å².